The predicted molar refractivity (Wildman–Crippen MR) is 145 cm³/mol. The predicted octanol–water partition coefficient (Wildman–Crippen LogP) is 3.32. The van der Waals surface area contributed by atoms with E-state index in [-0.39, 0.29) is 11.5 Å². The Morgan fingerprint density at radius 1 is 1.00 bits per heavy atom. The van der Waals surface area contributed by atoms with Crippen molar-refractivity contribution in [3.63, 3.8) is 0 Å². The first kappa shape index (κ1) is 34.5. The third-order valence-corrected chi connectivity index (χ3v) is 8.16. The lowest BCUT2D eigenvalue weighted by atomic mass is 9.55. The van der Waals surface area contributed by atoms with E-state index in [9.17, 15) is 9.90 Å². The van der Waals surface area contributed by atoms with Gasteiger partial charge >= 0.3 is 21.7 Å². The number of phosphoric acid groups is 2. The zero-order valence-electron chi connectivity index (χ0n) is 21.5. The van der Waals surface area contributed by atoms with Crippen LogP contribution in [-0.4, -0.2) is 76.4 Å². The minimum Gasteiger partial charge on any atom is -0.410 e. The number of carbonyl (C=O) groups is 1. The summed E-state index contributed by atoms with van der Waals surface area (Å²) in [5.74, 6) is 3.16. The average Bonchev–Trinajstić information content (AvgIpc) is 3.11. The van der Waals surface area contributed by atoms with Gasteiger partial charge in [0.25, 0.3) is 0 Å². The van der Waals surface area contributed by atoms with Crippen LogP contribution in [0.15, 0.2) is 18.2 Å². The van der Waals surface area contributed by atoms with Crippen LogP contribution in [0.2, 0.25) is 0 Å². The van der Waals surface area contributed by atoms with Crippen LogP contribution in [0.1, 0.15) is 56.1 Å². The Labute approximate surface area is 237 Å². The summed E-state index contributed by atoms with van der Waals surface area (Å²) in [5.41, 5.74) is 2.82. The molecule has 0 aromatic heterocycles. The fourth-order valence-corrected chi connectivity index (χ4v) is 6.67. The average molecular weight is 636 g/mol. The van der Waals surface area contributed by atoms with Crippen LogP contribution in [0.5, 0.6) is 5.75 Å². The fourth-order valence-electron chi connectivity index (χ4n) is 6.26. The quantitative estimate of drug-likeness (QED) is 0.184. The number of amides is 1. The van der Waals surface area contributed by atoms with E-state index < -0.39 is 21.7 Å². The van der Waals surface area contributed by atoms with Gasteiger partial charge in [-0.05, 0) is 85.0 Å². The number of benzene rings is 1. The number of rotatable bonds is 5. The number of hydrogen-bond acceptors (Lipinski definition) is 5. The van der Waals surface area contributed by atoms with Crippen LogP contribution < -0.4 is 4.74 Å². The molecule has 1 amide bonds. The summed E-state index contributed by atoms with van der Waals surface area (Å²) in [6, 6.07) is 6.13. The summed E-state index contributed by atoms with van der Waals surface area (Å²) < 4.78 is 23.4. The monoisotopic (exact) mass is 635 g/mol. The van der Waals surface area contributed by atoms with Gasteiger partial charge in [0.1, 0.15) is 5.75 Å². The highest BCUT2D eigenvalue weighted by Crippen LogP contribution is 2.60. The SMILES string of the molecule is C[C@]12CC[C@@H]3c4ccc(OC(=O)N(CCCl)CCCl)cc4CC[C@H]3[C@@H]1CC[C@@H]2O.O=P(O)(O)O.O=P(O)(O)O. The largest absolute Gasteiger partial charge is 0.466 e. The Hall–Kier alpha value is -0.750. The molecule has 0 radical (unpaired) electrons. The molecular weight excluding hydrogens is 599 g/mol. The molecule has 2 saturated carbocycles. The van der Waals surface area contributed by atoms with Gasteiger partial charge in [-0.15, -0.1) is 23.2 Å². The highest BCUT2D eigenvalue weighted by atomic mass is 35.5. The second-order valence-corrected chi connectivity index (χ2v) is 13.0. The lowest BCUT2D eigenvalue weighted by Gasteiger charge is -2.50. The molecule has 0 saturated heterocycles. The first-order chi connectivity index (χ1) is 18.0. The van der Waals surface area contributed by atoms with Gasteiger partial charge in [0, 0.05) is 24.8 Å². The first-order valence-corrected chi connectivity index (χ1v) is 16.6. The molecule has 5 atom stereocenters. The summed E-state index contributed by atoms with van der Waals surface area (Å²) in [4.78, 5) is 57.1. The zero-order valence-corrected chi connectivity index (χ0v) is 24.8. The zero-order chi connectivity index (χ0) is 29.6. The molecule has 4 rings (SSSR count). The number of nitrogens with zero attached hydrogens (tertiary/aromatic N) is 1. The summed E-state index contributed by atoms with van der Waals surface area (Å²) in [6.07, 6.45) is 5.98. The number of aryl methyl sites for hydroxylation is 1. The Morgan fingerprint density at radius 2 is 1.56 bits per heavy atom. The molecule has 0 aliphatic heterocycles. The summed E-state index contributed by atoms with van der Waals surface area (Å²) in [7, 11) is -9.28. The highest BCUT2D eigenvalue weighted by molar-refractivity contribution is 7.45. The van der Waals surface area contributed by atoms with Crippen molar-refractivity contribution >= 4 is 44.9 Å². The molecule has 224 valence electrons. The number of halogens is 2. The maximum absolute atomic E-state index is 12.4. The van der Waals surface area contributed by atoms with E-state index in [2.05, 4.69) is 13.0 Å². The third kappa shape index (κ3) is 10.5. The van der Waals surface area contributed by atoms with Gasteiger partial charge < -0.3 is 44.1 Å². The van der Waals surface area contributed by atoms with Crippen LogP contribution in [0.4, 0.5) is 4.79 Å². The van der Waals surface area contributed by atoms with E-state index in [1.807, 2.05) is 12.1 Å². The molecule has 0 unspecified atom stereocenters. The van der Waals surface area contributed by atoms with Crippen molar-refractivity contribution in [3.05, 3.63) is 29.3 Å². The lowest BCUT2D eigenvalue weighted by molar-refractivity contribution is -0.0226. The van der Waals surface area contributed by atoms with Gasteiger partial charge in [-0.25, -0.2) is 13.9 Å². The molecule has 39 heavy (non-hydrogen) atoms. The topological polar surface area (TPSA) is 205 Å². The number of aliphatic hydroxyl groups is 1. The highest BCUT2D eigenvalue weighted by Gasteiger charge is 2.54. The van der Waals surface area contributed by atoms with Gasteiger partial charge in [0.05, 0.1) is 6.10 Å². The van der Waals surface area contributed by atoms with Crippen molar-refractivity contribution in [2.24, 2.45) is 17.3 Å². The minimum atomic E-state index is -4.64. The molecule has 12 nitrogen and oxygen atoms in total. The maximum Gasteiger partial charge on any atom is 0.466 e. The molecule has 1 aromatic carbocycles. The van der Waals surface area contributed by atoms with Crippen molar-refractivity contribution < 1.29 is 53.1 Å². The third-order valence-electron chi connectivity index (χ3n) is 7.82. The second-order valence-electron chi connectivity index (χ2n) is 10.2. The lowest BCUT2D eigenvalue weighted by Crippen LogP contribution is -2.43. The van der Waals surface area contributed by atoms with E-state index >= 15 is 0 Å². The Kier molecular flexibility index (Phi) is 12.7. The summed E-state index contributed by atoms with van der Waals surface area (Å²) >= 11 is 11.6. The standard InChI is InChI=1S/C23H31Cl2NO3.2H3O4P/c1-23-9-8-18-17-5-3-16(29-22(28)26(12-10-24)13-11-25)14-15(17)2-4-19(18)20(23)6-7-21(23)27;2*1-5(2,3)4/h3,5,14,18-21,27H,2,4,6-13H2,1H3;2*(H3,1,2,3,4)/t18-,19-,20+,21+,23+;;/m1../s1. The molecule has 0 bridgehead atoms. The van der Waals surface area contributed by atoms with Gasteiger partial charge in [-0.2, -0.15) is 0 Å². The van der Waals surface area contributed by atoms with Crippen LogP contribution in [0.3, 0.4) is 0 Å². The normalized spacial score (nSPS) is 27.4. The van der Waals surface area contributed by atoms with Gasteiger partial charge in [-0.3, -0.25) is 0 Å². The van der Waals surface area contributed by atoms with Crippen LogP contribution >= 0.6 is 38.8 Å². The molecule has 16 heteroatoms. The summed E-state index contributed by atoms with van der Waals surface area (Å²) in [5, 5.41) is 10.5. The number of aliphatic hydroxyl groups excluding tert-OH is 1. The van der Waals surface area contributed by atoms with E-state index in [1.54, 1.807) is 4.90 Å². The Balaban J connectivity index is 0.000000458. The van der Waals surface area contributed by atoms with Crippen LogP contribution in [0, 0.1) is 17.3 Å². The molecule has 7 N–H and O–H groups in total. The number of hydrogen-bond donors (Lipinski definition) is 7. The molecular formula is C23H37Cl2NO11P2. The van der Waals surface area contributed by atoms with Gasteiger partial charge in [-0.1, -0.05) is 13.0 Å². The van der Waals surface area contributed by atoms with E-state index in [0.717, 1.165) is 38.5 Å². The van der Waals surface area contributed by atoms with Gasteiger partial charge in [0.15, 0.2) is 0 Å². The van der Waals surface area contributed by atoms with E-state index in [1.165, 1.54) is 11.1 Å². The Morgan fingerprint density at radius 3 is 2.10 bits per heavy atom. The first-order valence-electron chi connectivity index (χ1n) is 12.4. The number of ether oxygens (including phenoxy) is 1. The molecule has 2 fully saturated rings. The van der Waals surface area contributed by atoms with Crippen LogP contribution in [-0.2, 0) is 15.6 Å². The number of alkyl halides is 2. The number of fused-ring (bicyclic) bond motifs is 5. The van der Waals surface area contributed by atoms with Crippen molar-refractivity contribution in [2.75, 3.05) is 24.8 Å². The van der Waals surface area contributed by atoms with E-state index in [4.69, 9.17) is 66.4 Å². The van der Waals surface area contributed by atoms with Crippen molar-refractivity contribution in [3.8, 4) is 5.75 Å². The van der Waals surface area contributed by atoms with Gasteiger partial charge in [0.2, 0.25) is 0 Å². The van der Waals surface area contributed by atoms with E-state index in [0.29, 0.717) is 48.4 Å². The molecule has 1 aromatic rings. The van der Waals surface area contributed by atoms with Crippen LogP contribution in [0.25, 0.3) is 0 Å². The smallest absolute Gasteiger partial charge is 0.410 e. The molecule has 3 aliphatic carbocycles. The maximum atomic E-state index is 12.4. The Bertz CT molecular complexity index is 1030. The van der Waals surface area contributed by atoms with Crippen molar-refractivity contribution in [1.29, 1.82) is 0 Å². The van der Waals surface area contributed by atoms with Crippen molar-refractivity contribution in [1.82, 2.24) is 4.90 Å². The van der Waals surface area contributed by atoms with Crippen molar-refractivity contribution in [2.45, 2.75) is 57.5 Å². The minimum absolute atomic E-state index is 0.0996. The molecule has 3 aliphatic rings. The molecule has 0 heterocycles. The fraction of sp³-hybridized carbons (Fsp3) is 0.696. The second kappa shape index (κ2) is 14.4. The number of carbonyl (C=O) groups excluding carboxylic acids is 1. The summed E-state index contributed by atoms with van der Waals surface area (Å²) in [6.45, 7) is 3.15. The molecule has 0 spiro atoms.